The molecule has 17 heavy (non-hydrogen) atoms. The maximum absolute atomic E-state index is 4.40. The van der Waals surface area contributed by atoms with E-state index < -0.39 is 0 Å². The van der Waals surface area contributed by atoms with Crippen LogP contribution in [0.5, 0.6) is 0 Å². The van der Waals surface area contributed by atoms with Gasteiger partial charge >= 0.3 is 0 Å². The Bertz CT molecular complexity index is 457. The number of hydrogen-bond donors (Lipinski definition) is 1. The summed E-state index contributed by atoms with van der Waals surface area (Å²) >= 11 is 5.17. The summed E-state index contributed by atoms with van der Waals surface area (Å²) in [5, 5.41) is 5.29. The number of hydrogen-bond acceptors (Lipinski definition) is 3. The van der Waals surface area contributed by atoms with E-state index in [-0.39, 0.29) is 0 Å². The van der Waals surface area contributed by atoms with Crippen LogP contribution < -0.4 is 5.43 Å². The predicted molar refractivity (Wildman–Crippen MR) is 78.9 cm³/mol. The van der Waals surface area contributed by atoms with Gasteiger partial charge in [-0.05, 0) is 24.1 Å². The highest BCUT2D eigenvalue weighted by molar-refractivity contribution is 9.10. The predicted octanol–water partition coefficient (Wildman–Crippen LogP) is 3.26. The summed E-state index contributed by atoms with van der Waals surface area (Å²) in [6.45, 7) is 2.98. The lowest BCUT2D eigenvalue weighted by Gasteiger charge is -2.14. The van der Waals surface area contributed by atoms with E-state index in [0.29, 0.717) is 0 Å². The van der Waals surface area contributed by atoms with Gasteiger partial charge in [0.2, 0.25) is 0 Å². The minimum Gasteiger partial charge on any atom is -0.261 e. The van der Waals surface area contributed by atoms with Crippen molar-refractivity contribution in [2.24, 2.45) is 10.1 Å². The average Bonchev–Trinajstić information content (AvgIpc) is 2.37. The molecule has 0 saturated heterocycles. The highest BCUT2D eigenvalue weighted by Gasteiger charge is 2.12. The maximum atomic E-state index is 4.40. The van der Waals surface area contributed by atoms with Crippen LogP contribution in [0, 0.1) is 0 Å². The molecule has 0 unspecified atom stereocenters. The van der Waals surface area contributed by atoms with E-state index in [1.807, 2.05) is 12.1 Å². The van der Waals surface area contributed by atoms with Crippen LogP contribution in [-0.4, -0.2) is 23.2 Å². The molecule has 1 N–H and O–H groups in total. The molecular weight excluding hydrogens is 298 g/mol. The second kappa shape index (κ2) is 6.21. The van der Waals surface area contributed by atoms with E-state index in [1.165, 1.54) is 0 Å². The first-order chi connectivity index (χ1) is 8.29. The number of aliphatic imine (C=N–C) groups is 1. The van der Waals surface area contributed by atoms with Crippen LogP contribution in [0.1, 0.15) is 18.9 Å². The zero-order valence-corrected chi connectivity index (χ0v) is 12.0. The van der Waals surface area contributed by atoms with Crippen LogP contribution in [-0.2, 0) is 0 Å². The van der Waals surface area contributed by atoms with Crippen molar-refractivity contribution in [3.63, 3.8) is 0 Å². The lowest BCUT2D eigenvalue weighted by atomic mass is 10.1. The molecule has 0 bridgehead atoms. The Kier molecular flexibility index (Phi) is 4.62. The maximum Gasteiger partial charge on any atom is 0.177 e. The molecule has 1 aliphatic heterocycles. The van der Waals surface area contributed by atoms with Gasteiger partial charge in [0, 0.05) is 16.8 Å². The van der Waals surface area contributed by atoms with Crippen molar-refractivity contribution in [1.29, 1.82) is 0 Å². The topological polar surface area (TPSA) is 36.8 Å². The Morgan fingerprint density at radius 3 is 3.06 bits per heavy atom. The second-order valence-electron chi connectivity index (χ2n) is 3.66. The van der Waals surface area contributed by atoms with E-state index in [4.69, 9.17) is 0 Å². The van der Waals surface area contributed by atoms with Crippen LogP contribution in [0.25, 0.3) is 0 Å². The molecule has 0 aromatic heterocycles. The van der Waals surface area contributed by atoms with Crippen molar-refractivity contribution in [1.82, 2.24) is 5.43 Å². The molecule has 0 fully saturated rings. The first kappa shape index (κ1) is 12.6. The number of hydrazone groups is 1. The van der Waals surface area contributed by atoms with E-state index in [2.05, 4.69) is 50.5 Å². The van der Waals surface area contributed by atoms with Crippen molar-refractivity contribution < 1.29 is 0 Å². The molecule has 0 aliphatic carbocycles. The molecule has 1 aromatic carbocycles. The third kappa shape index (κ3) is 3.57. The van der Waals surface area contributed by atoms with Gasteiger partial charge in [-0.3, -0.25) is 10.4 Å². The van der Waals surface area contributed by atoms with Crippen molar-refractivity contribution in [2.75, 3.05) is 12.3 Å². The Labute approximate surface area is 114 Å². The Morgan fingerprint density at radius 1 is 1.53 bits per heavy atom. The molecule has 0 saturated carbocycles. The minimum atomic E-state index is 0.858. The van der Waals surface area contributed by atoms with Gasteiger partial charge < -0.3 is 0 Å². The van der Waals surface area contributed by atoms with Crippen molar-refractivity contribution in [2.45, 2.75) is 13.3 Å². The van der Waals surface area contributed by atoms with E-state index in [0.717, 1.165) is 39.6 Å². The second-order valence-corrected chi connectivity index (χ2v) is 5.54. The number of halogens is 1. The summed E-state index contributed by atoms with van der Waals surface area (Å²) in [6.07, 6.45) is 1.06. The first-order valence-corrected chi connectivity index (χ1v) is 7.33. The van der Waals surface area contributed by atoms with Crippen LogP contribution in [0.4, 0.5) is 0 Å². The first-order valence-electron chi connectivity index (χ1n) is 5.55. The molecule has 1 aliphatic rings. The van der Waals surface area contributed by atoms with Crippen LogP contribution in [0.3, 0.4) is 0 Å². The largest absolute Gasteiger partial charge is 0.261 e. The molecule has 1 heterocycles. The smallest absolute Gasteiger partial charge is 0.177 e. The third-order valence-electron chi connectivity index (χ3n) is 2.27. The number of amidine groups is 1. The summed E-state index contributed by atoms with van der Waals surface area (Å²) in [6, 6.07) is 8.18. The van der Waals surface area contributed by atoms with Crippen LogP contribution in [0.2, 0.25) is 0 Å². The van der Waals surface area contributed by atoms with Gasteiger partial charge in [-0.15, -0.1) is 0 Å². The molecule has 90 valence electrons. The minimum absolute atomic E-state index is 0.858. The molecule has 5 heteroatoms. The number of nitrogens with zero attached hydrogens (tertiary/aromatic N) is 2. The third-order valence-corrected chi connectivity index (χ3v) is 3.67. The van der Waals surface area contributed by atoms with Crippen molar-refractivity contribution >= 4 is 38.6 Å². The SMILES string of the molecule is CCCN=C1NN=C(c2cccc(Br)c2)CS1. The van der Waals surface area contributed by atoms with Gasteiger partial charge in [0.1, 0.15) is 0 Å². The summed E-state index contributed by atoms with van der Waals surface area (Å²) < 4.78 is 1.08. The highest BCUT2D eigenvalue weighted by Crippen LogP contribution is 2.17. The van der Waals surface area contributed by atoms with E-state index in [1.54, 1.807) is 11.8 Å². The zero-order chi connectivity index (χ0) is 12.1. The Balaban J connectivity index is 2.08. The fraction of sp³-hybridized carbons (Fsp3) is 0.333. The Hall–Kier alpha value is -0.810. The molecule has 0 amide bonds. The quantitative estimate of drug-likeness (QED) is 0.930. The highest BCUT2D eigenvalue weighted by atomic mass is 79.9. The zero-order valence-electron chi connectivity index (χ0n) is 9.61. The normalized spacial score (nSPS) is 17.8. The molecule has 2 rings (SSSR count). The van der Waals surface area contributed by atoms with Gasteiger partial charge in [-0.2, -0.15) is 5.10 Å². The van der Waals surface area contributed by atoms with Gasteiger partial charge in [0.25, 0.3) is 0 Å². The Morgan fingerprint density at radius 2 is 2.41 bits per heavy atom. The van der Waals surface area contributed by atoms with E-state index in [9.17, 15) is 0 Å². The standard InChI is InChI=1S/C12H14BrN3S/c1-2-6-14-12-16-15-11(8-17-12)9-4-3-5-10(13)7-9/h3-5,7H,2,6,8H2,1H3,(H,14,16). The lowest BCUT2D eigenvalue weighted by Crippen LogP contribution is -2.25. The molecular formula is C12H14BrN3S. The number of benzene rings is 1. The summed E-state index contributed by atoms with van der Waals surface area (Å²) in [7, 11) is 0. The van der Waals surface area contributed by atoms with E-state index >= 15 is 0 Å². The average molecular weight is 312 g/mol. The van der Waals surface area contributed by atoms with Gasteiger partial charge in [-0.25, -0.2) is 0 Å². The molecule has 1 aromatic rings. The lowest BCUT2D eigenvalue weighted by molar-refractivity contribution is 0.915. The number of thioether (sulfide) groups is 1. The fourth-order valence-electron chi connectivity index (χ4n) is 1.43. The molecule has 0 spiro atoms. The number of nitrogens with one attached hydrogen (secondary N) is 1. The molecule has 3 nitrogen and oxygen atoms in total. The summed E-state index contributed by atoms with van der Waals surface area (Å²) in [4.78, 5) is 4.40. The van der Waals surface area contributed by atoms with Gasteiger partial charge in [0.05, 0.1) is 5.71 Å². The van der Waals surface area contributed by atoms with Crippen molar-refractivity contribution in [3.05, 3.63) is 34.3 Å². The van der Waals surface area contributed by atoms with Crippen molar-refractivity contribution in [3.8, 4) is 0 Å². The summed E-state index contributed by atoms with van der Waals surface area (Å²) in [5.74, 6) is 0.867. The fourth-order valence-corrected chi connectivity index (χ4v) is 2.62. The monoisotopic (exact) mass is 311 g/mol. The summed E-state index contributed by atoms with van der Waals surface area (Å²) in [5.41, 5.74) is 5.22. The molecule has 0 radical (unpaired) electrons. The number of rotatable bonds is 3. The van der Waals surface area contributed by atoms with Gasteiger partial charge in [-0.1, -0.05) is 46.7 Å². The molecule has 0 atom stereocenters. The van der Waals surface area contributed by atoms with Crippen LogP contribution >= 0.6 is 27.7 Å². The van der Waals surface area contributed by atoms with Crippen LogP contribution in [0.15, 0.2) is 38.8 Å². The van der Waals surface area contributed by atoms with Gasteiger partial charge in [0.15, 0.2) is 5.17 Å².